The maximum Gasteiger partial charge on any atom is 0.333 e. The highest BCUT2D eigenvalue weighted by Crippen LogP contribution is 2.37. The Morgan fingerprint density at radius 2 is 1.47 bits per heavy atom. The van der Waals surface area contributed by atoms with Gasteiger partial charge in [0.05, 0.1) is 17.8 Å². The predicted octanol–water partition coefficient (Wildman–Crippen LogP) is 2.34. The van der Waals surface area contributed by atoms with Crippen molar-refractivity contribution in [1.82, 2.24) is 0 Å². The van der Waals surface area contributed by atoms with E-state index in [1.807, 2.05) is 27.7 Å². The van der Waals surface area contributed by atoms with E-state index in [1.165, 1.54) is 0 Å². The molecule has 108 valence electrons. The number of aliphatic carboxylic acids is 2. The Morgan fingerprint density at radius 3 is 1.74 bits per heavy atom. The highest BCUT2D eigenvalue weighted by atomic mass is 16.5. The molecule has 0 bridgehead atoms. The average molecular weight is 270 g/mol. The van der Waals surface area contributed by atoms with Crippen molar-refractivity contribution in [1.29, 1.82) is 0 Å². The Bertz CT molecular complexity index is 385. The van der Waals surface area contributed by atoms with Gasteiger partial charge in [0.1, 0.15) is 5.60 Å². The lowest BCUT2D eigenvalue weighted by molar-refractivity contribution is -0.141. The van der Waals surface area contributed by atoms with Crippen molar-refractivity contribution in [3.8, 4) is 0 Å². The lowest BCUT2D eigenvalue weighted by Gasteiger charge is -2.41. The standard InChI is InChI=1S/C14H22O5/c1-8(2)14(9(3)4,11(6)13(17)18)19-7-10(5)12(15)16/h8-9H,5-7H2,1-4H3,(H,15,16)(H,17,18). The lowest BCUT2D eigenvalue weighted by Crippen LogP contribution is -2.48. The molecule has 0 spiro atoms. The van der Waals surface area contributed by atoms with Crippen LogP contribution in [0.15, 0.2) is 24.3 Å². The monoisotopic (exact) mass is 270 g/mol. The second-order valence-corrected chi connectivity index (χ2v) is 5.08. The molecule has 0 saturated heterocycles. The van der Waals surface area contributed by atoms with Gasteiger partial charge in [-0.15, -0.1) is 0 Å². The van der Waals surface area contributed by atoms with Crippen LogP contribution in [0, 0.1) is 11.8 Å². The summed E-state index contributed by atoms with van der Waals surface area (Å²) in [5.74, 6) is -2.65. The van der Waals surface area contributed by atoms with E-state index in [0.717, 1.165) is 0 Å². The Balaban J connectivity index is 5.38. The Morgan fingerprint density at radius 1 is 1.05 bits per heavy atom. The smallest absolute Gasteiger partial charge is 0.333 e. The Hall–Kier alpha value is -1.62. The van der Waals surface area contributed by atoms with Crippen molar-refractivity contribution in [2.24, 2.45) is 11.8 Å². The van der Waals surface area contributed by atoms with Gasteiger partial charge in [0.2, 0.25) is 0 Å². The first-order valence-corrected chi connectivity index (χ1v) is 6.05. The minimum atomic E-state index is -1.16. The highest BCUT2D eigenvalue weighted by molar-refractivity contribution is 5.88. The average Bonchev–Trinajstić information content (AvgIpc) is 2.27. The first-order valence-electron chi connectivity index (χ1n) is 6.05. The molecule has 0 aromatic carbocycles. The number of carboxylic acid groups (broad SMARTS) is 2. The molecular weight excluding hydrogens is 248 g/mol. The summed E-state index contributed by atoms with van der Waals surface area (Å²) in [6.07, 6.45) is 0. The highest BCUT2D eigenvalue weighted by Gasteiger charge is 2.44. The first kappa shape index (κ1) is 17.4. The molecule has 0 aromatic rings. The van der Waals surface area contributed by atoms with Crippen LogP contribution in [0.4, 0.5) is 0 Å². The molecular formula is C14H22O5. The second-order valence-electron chi connectivity index (χ2n) is 5.08. The van der Waals surface area contributed by atoms with Gasteiger partial charge in [-0.05, 0) is 11.8 Å². The SMILES string of the molecule is C=C(COC(C(=C)C(=O)O)(C(C)C)C(C)C)C(=O)O. The van der Waals surface area contributed by atoms with Gasteiger partial charge in [-0.1, -0.05) is 40.9 Å². The van der Waals surface area contributed by atoms with Crippen molar-refractivity contribution in [2.75, 3.05) is 6.61 Å². The van der Waals surface area contributed by atoms with Crippen molar-refractivity contribution < 1.29 is 24.5 Å². The number of carboxylic acids is 2. The number of hydrogen-bond donors (Lipinski definition) is 2. The van der Waals surface area contributed by atoms with Gasteiger partial charge in [0, 0.05) is 0 Å². The molecule has 0 fully saturated rings. The Labute approximate surface area is 113 Å². The fraction of sp³-hybridized carbons (Fsp3) is 0.571. The maximum atomic E-state index is 11.2. The van der Waals surface area contributed by atoms with Gasteiger partial charge >= 0.3 is 11.9 Å². The molecule has 0 heterocycles. The third-order valence-electron chi connectivity index (χ3n) is 3.23. The molecule has 0 atom stereocenters. The molecule has 0 saturated carbocycles. The van der Waals surface area contributed by atoms with Crippen LogP contribution in [0.5, 0.6) is 0 Å². The number of carbonyl (C=O) groups is 2. The molecule has 5 heteroatoms. The summed E-state index contributed by atoms with van der Waals surface area (Å²) in [5, 5.41) is 18.0. The molecule has 0 rings (SSSR count). The van der Waals surface area contributed by atoms with Gasteiger partial charge in [-0.25, -0.2) is 9.59 Å². The van der Waals surface area contributed by atoms with Crippen LogP contribution in [-0.2, 0) is 14.3 Å². The van der Waals surface area contributed by atoms with Crippen LogP contribution in [0.3, 0.4) is 0 Å². The van der Waals surface area contributed by atoms with Crippen molar-refractivity contribution in [3.05, 3.63) is 24.3 Å². The maximum absolute atomic E-state index is 11.2. The van der Waals surface area contributed by atoms with Gasteiger partial charge in [-0.2, -0.15) is 0 Å². The lowest BCUT2D eigenvalue weighted by atomic mass is 9.75. The zero-order valence-electron chi connectivity index (χ0n) is 11.9. The molecule has 19 heavy (non-hydrogen) atoms. The minimum absolute atomic E-state index is 0.0734. The summed E-state index contributed by atoms with van der Waals surface area (Å²) in [5.41, 5.74) is -1.32. The third kappa shape index (κ3) is 3.67. The summed E-state index contributed by atoms with van der Waals surface area (Å²) < 4.78 is 5.64. The van der Waals surface area contributed by atoms with E-state index in [2.05, 4.69) is 13.2 Å². The normalized spacial score (nSPS) is 11.7. The number of rotatable bonds is 8. The van der Waals surface area contributed by atoms with Crippen molar-refractivity contribution in [3.63, 3.8) is 0 Å². The van der Waals surface area contributed by atoms with E-state index in [-0.39, 0.29) is 29.6 Å². The van der Waals surface area contributed by atoms with Crippen LogP contribution in [0.1, 0.15) is 27.7 Å². The summed E-state index contributed by atoms with van der Waals surface area (Å²) >= 11 is 0. The molecule has 0 radical (unpaired) electrons. The molecule has 0 amide bonds. The molecule has 5 nitrogen and oxygen atoms in total. The van der Waals surface area contributed by atoms with Crippen molar-refractivity contribution >= 4 is 11.9 Å². The van der Waals surface area contributed by atoms with E-state index in [4.69, 9.17) is 9.84 Å². The molecule has 0 aliphatic carbocycles. The van der Waals surface area contributed by atoms with Gasteiger partial charge in [0.15, 0.2) is 0 Å². The summed E-state index contributed by atoms with van der Waals surface area (Å²) in [7, 11) is 0. The number of ether oxygens (including phenoxy) is 1. The van der Waals surface area contributed by atoms with Crippen LogP contribution < -0.4 is 0 Å². The second kappa shape index (κ2) is 6.52. The van der Waals surface area contributed by atoms with Gasteiger partial charge < -0.3 is 14.9 Å². The predicted molar refractivity (Wildman–Crippen MR) is 71.9 cm³/mol. The van der Waals surface area contributed by atoms with E-state index < -0.39 is 17.5 Å². The van der Waals surface area contributed by atoms with Gasteiger partial charge in [0.25, 0.3) is 0 Å². The topological polar surface area (TPSA) is 83.8 Å². The summed E-state index contributed by atoms with van der Waals surface area (Å²) in [4.78, 5) is 22.0. The van der Waals surface area contributed by atoms with E-state index in [9.17, 15) is 14.7 Å². The molecule has 2 N–H and O–H groups in total. The van der Waals surface area contributed by atoms with E-state index in [0.29, 0.717) is 0 Å². The van der Waals surface area contributed by atoms with Gasteiger partial charge in [-0.3, -0.25) is 0 Å². The quantitative estimate of drug-likeness (QED) is 0.661. The zero-order valence-corrected chi connectivity index (χ0v) is 11.9. The van der Waals surface area contributed by atoms with E-state index in [1.54, 1.807) is 0 Å². The molecule has 0 aromatic heterocycles. The van der Waals surface area contributed by atoms with Crippen LogP contribution >= 0.6 is 0 Å². The minimum Gasteiger partial charge on any atom is -0.478 e. The third-order valence-corrected chi connectivity index (χ3v) is 3.23. The first-order chi connectivity index (χ1) is 8.57. The molecule has 0 aliphatic rings. The largest absolute Gasteiger partial charge is 0.478 e. The Kier molecular flexibility index (Phi) is 5.96. The van der Waals surface area contributed by atoms with Crippen LogP contribution in [-0.4, -0.2) is 34.4 Å². The van der Waals surface area contributed by atoms with Crippen LogP contribution in [0.2, 0.25) is 0 Å². The van der Waals surface area contributed by atoms with Crippen molar-refractivity contribution in [2.45, 2.75) is 33.3 Å². The summed E-state index contributed by atoms with van der Waals surface area (Å²) in [6.45, 7) is 14.0. The fourth-order valence-corrected chi connectivity index (χ4v) is 2.22. The molecule has 0 aliphatic heterocycles. The molecule has 0 unspecified atom stereocenters. The zero-order chi connectivity index (χ0) is 15.4. The number of hydrogen-bond acceptors (Lipinski definition) is 3. The summed E-state index contributed by atoms with van der Waals surface area (Å²) in [6, 6.07) is 0. The van der Waals surface area contributed by atoms with Crippen LogP contribution in [0.25, 0.3) is 0 Å². The van der Waals surface area contributed by atoms with E-state index >= 15 is 0 Å². The fourth-order valence-electron chi connectivity index (χ4n) is 2.22.